The second kappa shape index (κ2) is 8.54. The van der Waals surface area contributed by atoms with Crippen molar-refractivity contribution in [3.63, 3.8) is 0 Å². The van der Waals surface area contributed by atoms with Crippen LogP contribution in [0.4, 0.5) is 13.2 Å². The zero-order chi connectivity index (χ0) is 23.9. The minimum atomic E-state index is -4.23. The number of carbonyl (C=O) groups excluding carboxylic acids is 1. The van der Waals surface area contributed by atoms with Gasteiger partial charge in [-0.1, -0.05) is 31.2 Å². The highest BCUT2D eigenvalue weighted by molar-refractivity contribution is 5.94. The lowest BCUT2D eigenvalue weighted by Gasteiger charge is -2.24. The quantitative estimate of drug-likeness (QED) is 0.482. The van der Waals surface area contributed by atoms with Crippen molar-refractivity contribution in [3.8, 4) is 11.4 Å². The molecule has 1 aliphatic rings. The van der Waals surface area contributed by atoms with E-state index in [4.69, 9.17) is 0 Å². The molecule has 0 spiro atoms. The van der Waals surface area contributed by atoms with Crippen LogP contribution in [0.1, 0.15) is 40.9 Å². The Morgan fingerprint density at radius 2 is 2.00 bits per heavy atom. The number of alkyl halides is 3. The molecule has 1 amide bonds. The van der Waals surface area contributed by atoms with Crippen LogP contribution in [0.25, 0.3) is 17.2 Å². The van der Waals surface area contributed by atoms with Gasteiger partial charge >= 0.3 is 6.18 Å². The summed E-state index contributed by atoms with van der Waals surface area (Å²) in [6, 6.07) is 9.03. The van der Waals surface area contributed by atoms with E-state index in [1.807, 2.05) is 19.1 Å². The Labute approximate surface area is 192 Å². The van der Waals surface area contributed by atoms with Gasteiger partial charge in [0.2, 0.25) is 5.78 Å². The van der Waals surface area contributed by atoms with Gasteiger partial charge in [-0.15, -0.1) is 0 Å². The number of hydrogen-bond donors (Lipinski definition) is 1. The molecule has 34 heavy (non-hydrogen) atoms. The molecule has 1 atom stereocenters. The van der Waals surface area contributed by atoms with Crippen LogP contribution in [0.5, 0.6) is 0 Å². The Bertz CT molecular complexity index is 1340. The monoisotopic (exact) mass is 469 g/mol. The second-order valence-corrected chi connectivity index (χ2v) is 8.24. The molecular weight excluding hydrogens is 447 g/mol. The number of amides is 1. The van der Waals surface area contributed by atoms with Gasteiger partial charge in [-0.3, -0.25) is 9.20 Å². The Morgan fingerprint density at radius 1 is 1.21 bits per heavy atom. The fourth-order valence-electron chi connectivity index (χ4n) is 4.16. The topological polar surface area (TPSA) is 90.0 Å². The molecule has 0 fully saturated rings. The molecule has 11 heteroatoms. The van der Waals surface area contributed by atoms with Crippen molar-refractivity contribution >= 4 is 11.7 Å². The molecule has 4 heterocycles. The lowest BCUT2D eigenvalue weighted by atomic mass is 9.99. The number of hydrogen-bond acceptors (Lipinski definition) is 5. The van der Waals surface area contributed by atoms with E-state index in [2.05, 4.69) is 25.4 Å². The van der Waals surface area contributed by atoms with Crippen LogP contribution in [0.3, 0.4) is 0 Å². The smallest absolute Gasteiger partial charge is 0.347 e. The first kappa shape index (κ1) is 22.1. The van der Waals surface area contributed by atoms with Gasteiger partial charge in [-0.2, -0.15) is 18.3 Å². The van der Waals surface area contributed by atoms with Crippen molar-refractivity contribution in [2.45, 2.75) is 45.5 Å². The van der Waals surface area contributed by atoms with Gasteiger partial charge in [0, 0.05) is 30.9 Å². The maximum Gasteiger partial charge on any atom is 0.393 e. The van der Waals surface area contributed by atoms with E-state index in [0.29, 0.717) is 47.3 Å². The minimum Gasteiger partial charge on any atom is -0.347 e. The highest BCUT2D eigenvalue weighted by Gasteiger charge is 2.42. The van der Waals surface area contributed by atoms with Gasteiger partial charge in [0.1, 0.15) is 11.5 Å². The maximum absolute atomic E-state index is 13.0. The molecule has 1 aliphatic heterocycles. The number of aryl methyl sites for hydroxylation is 2. The summed E-state index contributed by atoms with van der Waals surface area (Å²) < 4.78 is 42.2. The average Bonchev–Trinajstić information content (AvgIpc) is 3.43. The van der Waals surface area contributed by atoms with Crippen molar-refractivity contribution < 1.29 is 18.0 Å². The Balaban J connectivity index is 1.27. The fraction of sp³-hybridized carbons (Fsp3) is 0.348. The number of imidazole rings is 1. The number of carbonyl (C=O) groups is 1. The molecule has 0 saturated heterocycles. The zero-order valence-electron chi connectivity index (χ0n) is 18.4. The van der Waals surface area contributed by atoms with Gasteiger partial charge in [0.25, 0.3) is 5.91 Å². The Hall–Kier alpha value is -3.76. The lowest BCUT2D eigenvalue weighted by Crippen LogP contribution is -2.32. The third-order valence-corrected chi connectivity index (χ3v) is 6.01. The summed E-state index contributed by atoms with van der Waals surface area (Å²) in [5.41, 5.74) is 2.71. The Kier molecular flexibility index (Phi) is 5.54. The van der Waals surface area contributed by atoms with Gasteiger partial charge in [0.05, 0.1) is 18.2 Å². The number of nitrogens with one attached hydrogen (secondary N) is 1. The van der Waals surface area contributed by atoms with Crippen molar-refractivity contribution in [1.82, 2.24) is 34.4 Å². The summed E-state index contributed by atoms with van der Waals surface area (Å²) in [6.45, 7) is 2.03. The summed E-state index contributed by atoms with van der Waals surface area (Å²) in [7, 11) is 0. The van der Waals surface area contributed by atoms with Gasteiger partial charge in [-0.05, 0) is 24.5 Å². The highest BCUT2D eigenvalue weighted by atomic mass is 19.4. The van der Waals surface area contributed by atoms with Crippen LogP contribution < -0.4 is 5.32 Å². The number of fused-ring (bicyclic) bond motifs is 2. The molecule has 1 N–H and O–H groups in total. The standard InChI is InChI=1S/C23H22F3N7O/c1-2-17-19(32-11-3-10-27-22(32)29-17)21(34)28-12-14-4-6-15(7-5-14)20-30-18-9-8-16(23(24,25)26)13-33(18)31-20/h3-7,10-11,16H,2,8-9,12-13H2,1H3,(H,28,34)/t16-/m0/s1. The number of nitrogens with zero attached hydrogens (tertiary/aromatic N) is 6. The molecule has 176 valence electrons. The summed E-state index contributed by atoms with van der Waals surface area (Å²) in [4.78, 5) is 25.9. The first-order valence-corrected chi connectivity index (χ1v) is 11.0. The van der Waals surface area contributed by atoms with Crippen molar-refractivity contribution in [3.05, 3.63) is 65.5 Å². The second-order valence-electron chi connectivity index (χ2n) is 8.24. The van der Waals surface area contributed by atoms with Crippen molar-refractivity contribution in [2.24, 2.45) is 5.92 Å². The van der Waals surface area contributed by atoms with E-state index < -0.39 is 12.1 Å². The molecular formula is C23H22F3N7O. The van der Waals surface area contributed by atoms with Gasteiger partial charge < -0.3 is 5.32 Å². The third kappa shape index (κ3) is 4.13. The third-order valence-electron chi connectivity index (χ3n) is 6.01. The minimum absolute atomic E-state index is 0.0303. The number of rotatable bonds is 5. The average molecular weight is 469 g/mol. The predicted molar refractivity (Wildman–Crippen MR) is 117 cm³/mol. The number of halogens is 3. The summed E-state index contributed by atoms with van der Waals surface area (Å²) in [6.07, 6.45) is 0.0414. The molecule has 4 aromatic rings. The van der Waals surface area contributed by atoms with Crippen LogP contribution >= 0.6 is 0 Å². The molecule has 0 saturated carbocycles. The molecule has 5 rings (SSSR count). The normalized spacial score (nSPS) is 15.9. The Morgan fingerprint density at radius 3 is 2.74 bits per heavy atom. The van der Waals surface area contributed by atoms with E-state index >= 15 is 0 Å². The van der Waals surface area contributed by atoms with E-state index in [-0.39, 0.29) is 25.3 Å². The fourth-order valence-corrected chi connectivity index (χ4v) is 4.16. The van der Waals surface area contributed by atoms with Crippen LogP contribution in [0.15, 0.2) is 42.7 Å². The van der Waals surface area contributed by atoms with Crippen LogP contribution in [-0.4, -0.2) is 41.2 Å². The predicted octanol–water partition coefficient (Wildman–Crippen LogP) is 3.60. The SMILES string of the molecule is CCc1nc2ncccn2c1C(=O)NCc1ccc(-c2nc3n(n2)C[C@@H](C(F)(F)F)CC3)cc1. The first-order chi connectivity index (χ1) is 16.3. The molecule has 3 aromatic heterocycles. The molecule has 0 bridgehead atoms. The molecule has 8 nitrogen and oxygen atoms in total. The first-order valence-electron chi connectivity index (χ1n) is 11.0. The number of benzene rings is 1. The summed E-state index contributed by atoms with van der Waals surface area (Å²) in [5.74, 6) is -0.187. The molecule has 0 aliphatic carbocycles. The summed E-state index contributed by atoms with van der Waals surface area (Å²) in [5, 5.41) is 7.21. The number of aromatic nitrogens is 6. The maximum atomic E-state index is 13.0. The van der Waals surface area contributed by atoms with Crippen LogP contribution in [0.2, 0.25) is 0 Å². The van der Waals surface area contributed by atoms with Crippen molar-refractivity contribution in [2.75, 3.05) is 0 Å². The van der Waals surface area contributed by atoms with E-state index in [0.717, 1.165) is 5.56 Å². The van der Waals surface area contributed by atoms with E-state index in [1.165, 1.54) is 4.68 Å². The zero-order valence-corrected chi connectivity index (χ0v) is 18.4. The van der Waals surface area contributed by atoms with Crippen LogP contribution in [0, 0.1) is 5.92 Å². The van der Waals surface area contributed by atoms with Gasteiger partial charge in [0.15, 0.2) is 5.82 Å². The molecule has 0 unspecified atom stereocenters. The van der Waals surface area contributed by atoms with Crippen LogP contribution in [-0.2, 0) is 25.9 Å². The lowest BCUT2D eigenvalue weighted by molar-refractivity contribution is -0.182. The van der Waals surface area contributed by atoms with E-state index in [9.17, 15) is 18.0 Å². The summed E-state index contributed by atoms with van der Waals surface area (Å²) >= 11 is 0. The van der Waals surface area contributed by atoms with E-state index in [1.54, 1.807) is 35.0 Å². The largest absolute Gasteiger partial charge is 0.393 e. The van der Waals surface area contributed by atoms with Crippen molar-refractivity contribution in [1.29, 1.82) is 0 Å². The molecule has 0 radical (unpaired) electrons. The highest BCUT2D eigenvalue weighted by Crippen LogP contribution is 2.34. The van der Waals surface area contributed by atoms with Gasteiger partial charge in [-0.25, -0.2) is 19.6 Å². The molecule has 1 aromatic carbocycles.